The zero-order chi connectivity index (χ0) is 11.5. The highest BCUT2D eigenvalue weighted by molar-refractivity contribution is 5.95. The summed E-state index contributed by atoms with van der Waals surface area (Å²) < 4.78 is 10.8. The number of furan rings is 1. The molecule has 1 aliphatic rings. The maximum atomic E-state index is 11.8. The molecule has 1 aromatic heterocycles. The number of ether oxygens (including phenoxy) is 1. The number of nitrogens with one attached hydrogen (secondary N) is 1. The monoisotopic (exact) mass is 223 g/mol. The molecule has 1 amide bonds. The Morgan fingerprint density at radius 3 is 2.94 bits per heavy atom. The Morgan fingerprint density at radius 2 is 2.38 bits per heavy atom. The number of hydrogen-bond donors (Lipinski definition) is 1. The Morgan fingerprint density at radius 1 is 1.56 bits per heavy atom. The third-order valence-electron chi connectivity index (χ3n) is 2.80. The highest BCUT2D eigenvalue weighted by Crippen LogP contribution is 2.14. The molecule has 4 nitrogen and oxygen atoms in total. The highest BCUT2D eigenvalue weighted by Gasteiger charge is 2.18. The third-order valence-corrected chi connectivity index (χ3v) is 2.80. The Kier molecular flexibility index (Phi) is 3.29. The second kappa shape index (κ2) is 4.70. The summed E-state index contributed by atoms with van der Waals surface area (Å²) in [5.74, 6) is 1.35. The minimum Gasteiger partial charge on any atom is -0.466 e. The average molecular weight is 223 g/mol. The van der Waals surface area contributed by atoms with Crippen LogP contribution in [0.4, 0.5) is 0 Å². The van der Waals surface area contributed by atoms with E-state index < -0.39 is 0 Å². The Balaban J connectivity index is 1.90. The Hall–Kier alpha value is -1.29. The van der Waals surface area contributed by atoms with Gasteiger partial charge in [-0.25, -0.2) is 0 Å². The fraction of sp³-hybridized carbons (Fsp3) is 0.583. The van der Waals surface area contributed by atoms with Crippen molar-refractivity contribution in [3.63, 3.8) is 0 Å². The number of hydrogen-bond acceptors (Lipinski definition) is 3. The van der Waals surface area contributed by atoms with E-state index in [1.807, 2.05) is 6.92 Å². The normalized spacial score (nSPS) is 20.0. The molecule has 0 bridgehead atoms. The number of aryl methyl sites for hydroxylation is 2. The SMILES string of the molecule is Cc1cc(C(=O)NCC2CCCO2)c(C)o1. The summed E-state index contributed by atoms with van der Waals surface area (Å²) in [4.78, 5) is 11.8. The summed E-state index contributed by atoms with van der Waals surface area (Å²) in [7, 11) is 0. The summed E-state index contributed by atoms with van der Waals surface area (Å²) in [5, 5.41) is 2.87. The second-order valence-electron chi connectivity index (χ2n) is 4.17. The van der Waals surface area contributed by atoms with Gasteiger partial charge in [0.2, 0.25) is 0 Å². The molecule has 1 aliphatic heterocycles. The van der Waals surface area contributed by atoms with Gasteiger partial charge in [-0.1, -0.05) is 0 Å². The molecule has 1 atom stereocenters. The van der Waals surface area contributed by atoms with Crippen molar-refractivity contribution < 1.29 is 13.9 Å². The summed E-state index contributed by atoms with van der Waals surface area (Å²) in [6, 6.07) is 1.76. The van der Waals surface area contributed by atoms with Crippen LogP contribution in [-0.2, 0) is 4.74 Å². The molecular weight excluding hydrogens is 206 g/mol. The Labute approximate surface area is 95.0 Å². The molecule has 0 spiro atoms. The minimum absolute atomic E-state index is 0.0788. The average Bonchev–Trinajstić information content (AvgIpc) is 2.84. The molecule has 0 saturated carbocycles. The standard InChI is InChI=1S/C12H17NO3/c1-8-6-11(9(2)16-8)12(14)13-7-10-4-3-5-15-10/h6,10H,3-5,7H2,1-2H3,(H,13,14). The van der Waals surface area contributed by atoms with Crippen LogP contribution >= 0.6 is 0 Å². The predicted octanol–water partition coefficient (Wildman–Crippen LogP) is 1.81. The number of rotatable bonds is 3. The van der Waals surface area contributed by atoms with E-state index in [2.05, 4.69) is 5.32 Å². The molecule has 1 fully saturated rings. The van der Waals surface area contributed by atoms with Gasteiger partial charge in [0, 0.05) is 13.2 Å². The number of carbonyl (C=O) groups excluding carboxylic acids is 1. The molecule has 1 N–H and O–H groups in total. The molecule has 1 saturated heterocycles. The van der Waals surface area contributed by atoms with Crippen LogP contribution < -0.4 is 5.32 Å². The molecule has 16 heavy (non-hydrogen) atoms. The topological polar surface area (TPSA) is 51.5 Å². The van der Waals surface area contributed by atoms with Crippen LogP contribution in [0.15, 0.2) is 10.5 Å². The van der Waals surface area contributed by atoms with Crippen LogP contribution in [0.1, 0.15) is 34.7 Å². The smallest absolute Gasteiger partial charge is 0.254 e. The van der Waals surface area contributed by atoms with E-state index >= 15 is 0 Å². The van der Waals surface area contributed by atoms with E-state index in [0.29, 0.717) is 17.9 Å². The molecule has 2 heterocycles. The van der Waals surface area contributed by atoms with E-state index in [1.54, 1.807) is 13.0 Å². The first kappa shape index (κ1) is 11.2. The third kappa shape index (κ3) is 2.44. The van der Waals surface area contributed by atoms with Crippen molar-refractivity contribution in [3.05, 3.63) is 23.2 Å². The van der Waals surface area contributed by atoms with Crippen molar-refractivity contribution in [2.24, 2.45) is 0 Å². The van der Waals surface area contributed by atoms with Gasteiger partial charge in [-0.15, -0.1) is 0 Å². The molecular formula is C12H17NO3. The molecule has 4 heteroatoms. The van der Waals surface area contributed by atoms with Crippen molar-refractivity contribution >= 4 is 5.91 Å². The lowest BCUT2D eigenvalue weighted by Crippen LogP contribution is -2.31. The second-order valence-corrected chi connectivity index (χ2v) is 4.17. The van der Waals surface area contributed by atoms with Crippen molar-refractivity contribution in [3.8, 4) is 0 Å². The first-order chi connectivity index (χ1) is 7.66. The van der Waals surface area contributed by atoms with E-state index in [4.69, 9.17) is 9.15 Å². The molecule has 88 valence electrons. The lowest BCUT2D eigenvalue weighted by atomic mass is 10.2. The largest absolute Gasteiger partial charge is 0.466 e. The summed E-state index contributed by atoms with van der Waals surface area (Å²) >= 11 is 0. The molecule has 0 aromatic carbocycles. The first-order valence-electron chi connectivity index (χ1n) is 5.63. The van der Waals surface area contributed by atoms with E-state index in [0.717, 1.165) is 25.2 Å². The lowest BCUT2D eigenvalue weighted by molar-refractivity contribution is 0.0856. The highest BCUT2D eigenvalue weighted by atomic mass is 16.5. The van der Waals surface area contributed by atoms with Crippen LogP contribution in [0.5, 0.6) is 0 Å². The van der Waals surface area contributed by atoms with Gasteiger partial charge in [0.25, 0.3) is 5.91 Å². The van der Waals surface area contributed by atoms with Gasteiger partial charge in [0.15, 0.2) is 0 Å². The predicted molar refractivity (Wildman–Crippen MR) is 59.5 cm³/mol. The van der Waals surface area contributed by atoms with Gasteiger partial charge in [-0.2, -0.15) is 0 Å². The number of amides is 1. The summed E-state index contributed by atoms with van der Waals surface area (Å²) in [6.07, 6.45) is 2.30. The van der Waals surface area contributed by atoms with E-state index in [-0.39, 0.29) is 12.0 Å². The Bertz CT molecular complexity index is 378. The van der Waals surface area contributed by atoms with Gasteiger partial charge in [0.1, 0.15) is 11.5 Å². The van der Waals surface area contributed by atoms with Gasteiger partial charge < -0.3 is 14.5 Å². The zero-order valence-electron chi connectivity index (χ0n) is 9.71. The van der Waals surface area contributed by atoms with E-state index in [1.165, 1.54) is 0 Å². The van der Waals surface area contributed by atoms with Crippen molar-refractivity contribution in [1.82, 2.24) is 5.32 Å². The molecule has 1 unspecified atom stereocenters. The first-order valence-corrected chi connectivity index (χ1v) is 5.63. The lowest BCUT2D eigenvalue weighted by Gasteiger charge is -2.10. The van der Waals surface area contributed by atoms with Gasteiger partial charge in [-0.05, 0) is 32.8 Å². The van der Waals surface area contributed by atoms with Gasteiger partial charge in [0.05, 0.1) is 11.7 Å². The molecule has 0 aliphatic carbocycles. The van der Waals surface area contributed by atoms with Crippen LogP contribution in [-0.4, -0.2) is 25.2 Å². The summed E-state index contributed by atoms with van der Waals surface area (Å²) in [6.45, 7) is 5.03. The van der Waals surface area contributed by atoms with Crippen molar-refractivity contribution in [2.75, 3.05) is 13.2 Å². The molecule has 2 rings (SSSR count). The van der Waals surface area contributed by atoms with Crippen molar-refractivity contribution in [2.45, 2.75) is 32.8 Å². The molecule has 0 radical (unpaired) electrons. The van der Waals surface area contributed by atoms with Crippen LogP contribution in [0.25, 0.3) is 0 Å². The van der Waals surface area contributed by atoms with Gasteiger partial charge in [-0.3, -0.25) is 4.79 Å². The van der Waals surface area contributed by atoms with Crippen LogP contribution in [0, 0.1) is 13.8 Å². The fourth-order valence-corrected chi connectivity index (χ4v) is 1.96. The summed E-state index contributed by atoms with van der Waals surface area (Å²) in [5.41, 5.74) is 0.621. The van der Waals surface area contributed by atoms with Gasteiger partial charge >= 0.3 is 0 Å². The maximum Gasteiger partial charge on any atom is 0.254 e. The van der Waals surface area contributed by atoms with Crippen LogP contribution in [0.2, 0.25) is 0 Å². The minimum atomic E-state index is -0.0788. The van der Waals surface area contributed by atoms with Crippen molar-refractivity contribution in [1.29, 1.82) is 0 Å². The maximum absolute atomic E-state index is 11.8. The molecule has 1 aromatic rings. The quantitative estimate of drug-likeness (QED) is 0.850. The van der Waals surface area contributed by atoms with Crippen LogP contribution in [0.3, 0.4) is 0 Å². The van der Waals surface area contributed by atoms with E-state index in [9.17, 15) is 4.79 Å². The fourth-order valence-electron chi connectivity index (χ4n) is 1.96. The zero-order valence-corrected chi connectivity index (χ0v) is 9.71. The number of carbonyl (C=O) groups is 1.